The van der Waals surface area contributed by atoms with Gasteiger partial charge < -0.3 is 4.90 Å². The van der Waals surface area contributed by atoms with Crippen molar-refractivity contribution in [2.24, 2.45) is 0 Å². The van der Waals surface area contributed by atoms with Crippen LogP contribution in [0.15, 0.2) is 48.5 Å². The van der Waals surface area contributed by atoms with Crippen LogP contribution in [0, 0.1) is 6.92 Å². The van der Waals surface area contributed by atoms with Gasteiger partial charge in [-0.05, 0) is 43.0 Å². The molecule has 0 saturated carbocycles. The molecule has 0 N–H and O–H groups in total. The molecule has 1 aliphatic rings. The van der Waals surface area contributed by atoms with E-state index in [1.807, 2.05) is 37.3 Å². The summed E-state index contributed by atoms with van der Waals surface area (Å²) in [6.45, 7) is 4.48. The smallest absolute Gasteiger partial charge is 0.254 e. The number of nitrogens with zero attached hydrogens (tertiary/aromatic N) is 1. The molecule has 3 rings (SSSR count). The molecule has 1 fully saturated rings. The number of carbonyl (C=O) groups excluding carboxylic acids is 1. The summed E-state index contributed by atoms with van der Waals surface area (Å²) in [5, 5.41) is 0. The molecule has 5 heteroatoms. The molecule has 1 heterocycles. The Morgan fingerprint density at radius 1 is 1.12 bits per heavy atom. The minimum absolute atomic E-state index is 0.0532. The number of carbonyl (C=O) groups is 1. The van der Waals surface area contributed by atoms with Gasteiger partial charge in [0.25, 0.3) is 5.91 Å². The number of rotatable bonds is 5. The van der Waals surface area contributed by atoms with Crippen LogP contribution in [0.25, 0.3) is 0 Å². The number of amides is 1. The maximum Gasteiger partial charge on any atom is 0.254 e. The molecule has 4 nitrogen and oxygen atoms in total. The Balaban J connectivity index is 1.89. The van der Waals surface area contributed by atoms with E-state index in [0.29, 0.717) is 18.5 Å². The van der Waals surface area contributed by atoms with Gasteiger partial charge in [-0.25, -0.2) is 8.42 Å². The van der Waals surface area contributed by atoms with Gasteiger partial charge in [0.15, 0.2) is 9.84 Å². The summed E-state index contributed by atoms with van der Waals surface area (Å²) >= 11 is 0. The summed E-state index contributed by atoms with van der Waals surface area (Å²) in [7, 11) is -3.06. The number of benzene rings is 2. The highest BCUT2D eigenvalue weighted by Gasteiger charge is 2.35. The average Bonchev–Trinajstić information content (AvgIpc) is 2.99. The number of hydrogen-bond acceptors (Lipinski definition) is 3. The molecule has 2 aromatic rings. The molecule has 0 aliphatic carbocycles. The maximum atomic E-state index is 13.2. The summed E-state index contributed by atoms with van der Waals surface area (Å²) < 4.78 is 23.9. The van der Waals surface area contributed by atoms with E-state index in [2.05, 4.69) is 19.1 Å². The standard InChI is InChI=1S/C21H25NO3S/c1-3-17-7-9-18(10-8-17)14-22(20-11-12-26(24,25)15-20)21(23)19-6-4-5-16(2)13-19/h4-10,13,20H,3,11-12,14-15H2,1-2H3/t20-/m1/s1. The molecule has 1 atom stereocenters. The second-order valence-corrected chi connectivity index (χ2v) is 9.26. The summed E-state index contributed by atoms with van der Waals surface area (Å²) in [5.74, 6) is 0.108. The van der Waals surface area contributed by atoms with Crippen molar-refractivity contribution in [1.82, 2.24) is 4.90 Å². The lowest BCUT2D eigenvalue weighted by Gasteiger charge is -2.29. The second-order valence-electron chi connectivity index (χ2n) is 7.03. The minimum atomic E-state index is -3.06. The number of aryl methyl sites for hydroxylation is 2. The van der Waals surface area contributed by atoms with Gasteiger partial charge in [-0.1, -0.05) is 48.9 Å². The summed E-state index contributed by atoms with van der Waals surface area (Å²) in [5.41, 5.74) is 3.89. The van der Waals surface area contributed by atoms with Crippen LogP contribution in [-0.2, 0) is 22.8 Å². The molecule has 0 aromatic heterocycles. The molecule has 0 radical (unpaired) electrons. The highest BCUT2D eigenvalue weighted by molar-refractivity contribution is 7.91. The van der Waals surface area contributed by atoms with E-state index in [1.165, 1.54) is 5.56 Å². The van der Waals surface area contributed by atoms with Crippen LogP contribution in [0.2, 0.25) is 0 Å². The summed E-state index contributed by atoms with van der Waals surface area (Å²) in [4.78, 5) is 14.9. The predicted molar refractivity (Wildman–Crippen MR) is 104 cm³/mol. The van der Waals surface area contributed by atoms with Gasteiger partial charge in [-0.3, -0.25) is 4.79 Å². The Morgan fingerprint density at radius 2 is 1.81 bits per heavy atom. The molecule has 1 aliphatic heterocycles. The zero-order valence-electron chi connectivity index (χ0n) is 15.3. The Kier molecular flexibility index (Phi) is 5.47. The Bertz CT molecular complexity index is 888. The van der Waals surface area contributed by atoms with Crippen molar-refractivity contribution in [3.63, 3.8) is 0 Å². The Hall–Kier alpha value is -2.14. The first-order valence-electron chi connectivity index (χ1n) is 9.04. The normalized spacial score (nSPS) is 18.6. The zero-order chi connectivity index (χ0) is 18.7. The van der Waals surface area contributed by atoms with Crippen LogP contribution in [0.4, 0.5) is 0 Å². The Morgan fingerprint density at radius 3 is 2.38 bits per heavy atom. The third-order valence-electron chi connectivity index (χ3n) is 4.96. The van der Waals surface area contributed by atoms with Crippen molar-refractivity contribution >= 4 is 15.7 Å². The molecule has 1 saturated heterocycles. The monoisotopic (exact) mass is 371 g/mol. The second kappa shape index (κ2) is 7.62. The summed E-state index contributed by atoms with van der Waals surface area (Å²) in [6, 6.07) is 15.4. The SMILES string of the molecule is CCc1ccc(CN(C(=O)c2cccc(C)c2)[C@@H]2CCS(=O)(=O)C2)cc1. The molecule has 0 bridgehead atoms. The van der Waals surface area contributed by atoms with E-state index >= 15 is 0 Å². The quantitative estimate of drug-likeness (QED) is 0.810. The first-order chi connectivity index (χ1) is 12.4. The number of sulfone groups is 1. The van der Waals surface area contributed by atoms with Gasteiger partial charge in [0.1, 0.15) is 0 Å². The van der Waals surface area contributed by atoms with Gasteiger partial charge in [0, 0.05) is 18.2 Å². The maximum absolute atomic E-state index is 13.2. The fourth-order valence-electron chi connectivity index (χ4n) is 3.41. The highest BCUT2D eigenvalue weighted by Crippen LogP contribution is 2.23. The third kappa shape index (κ3) is 4.33. The molecule has 2 aromatic carbocycles. The van der Waals surface area contributed by atoms with E-state index in [9.17, 15) is 13.2 Å². The van der Waals surface area contributed by atoms with Gasteiger partial charge in [-0.15, -0.1) is 0 Å². The van der Waals surface area contributed by atoms with Crippen molar-refractivity contribution in [1.29, 1.82) is 0 Å². The van der Waals surface area contributed by atoms with Crippen LogP contribution in [0.3, 0.4) is 0 Å². The lowest BCUT2D eigenvalue weighted by atomic mass is 10.1. The average molecular weight is 372 g/mol. The van der Waals surface area contributed by atoms with Gasteiger partial charge >= 0.3 is 0 Å². The zero-order valence-corrected chi connectivity index (χ0v) is 16.1. The van der Waals surface area contributed by atoms with Crippen molar-refractivity contribution < 1.29 is 13.2 Å². The van der Waals surface area contributed by atoms with E-state index in [1.54, 1.807) is 11.0 Å². The van der Waals surface area contributed by atoms with E-state index in [0.717, 1.165) is 17.5 Å². The largest absolute Gasteiger partial charge is 0.330 e. The van der Waals surface area contributed by atoms with E-state index < -0.39 is 9.84 Å². The lowest BCUT2D eigenvalue weighted by molar-refractivity contribution is 0.0681. The van der Waals surface area contributed by atoms with Gasteiger partial charge in [0.05, 0.1) is 11.5 Å². The van der Waals surface area contributed by atoms with Crippen LogP contribution in [-0.4, -0.2) is 36.8 Å². The first-order valence-corrected chi connectivity index (χ1v) is 10.9. The van der Waals surface area contributed by atoms with Crippen LogP contribution >= 0.6 is 0 Å². The fraction of sp³-hybridized carbons (Fsp3) is 0.381. The van der Waals surface area contributed by atoms with Crippen LogP contribution in [0.5, 0.6) is 0 Å². The van der Waals surface area contributed by atoms with Crippen molar-refractivity contribution in [3.05, 3.63) is 70.8 Å². The van der Waals surface area contributed by atoms with Crippen molar-refractivity contribution in [3.8, 4) is 0 Å². The highest BCUT2D eigenvalue weighted by atomic mass is 32.2. The van der Waals surface area contributed by atoms with Gasteiger partial charge in [0.2, 0.25) is 0 Å². The Labute approximate surface area is 155 Å². The molecule has 0 spiro atoms. The third-order valence-corrected chi connectivity index (χ3v) is 6.71. The van der Waals surface area contributed by atoms with E-state index in [4.69, 9.17) is 0 Å². The molecule has 138 valence electrons. The fourth-order valence-corrected chi connectivity index (χ4v) is 5.14. The predicted octanol–water partition coefficient (Wildman–Crippen LogP) is 3.39. The minimum Gasteiger partial charge on any atom is -0.330 e. The number of hydrogen-bond donors (Lipinski definition) is 0. The first kappa shape index (κ1) is 18.6. The molecular weight excluding hydrogens is 346 g/mol. The van der Waals surface area contributed by atoms with Crippen molar-refractivity contribution in [2.75, 3.05) is 11.5 Å². The molecule has 26 heavy (non-hydrogen) atoms. The van der Waals surface area contributed by atoms with Crippen LogP contribution < -0.4 is 0 Å². The van der Waals surface area contributed by atoms with Crippen molar-refractivity contribution in [2.45, 2.75) is 39.3 Å². The molecular formula is C21H25NO3S. The topological polar surface area (TPSA) is 54.5 Å². The molecule has 0 unspecified atom stereocenters. The summed E-state index contributed by atoms with van der Waals surface area (Å²) in [6.07, 6.45) is 1.47. The molecule has 1 amide bonds. The van der Waals surface area contributed by atoms with Crippen LogP contribution in [0.1, 0.15) is 40.4 Å². The van der Waals surface area contributed by atoms with E-state index in [-0.39, 0.29) is 23.5 Å². The lowest BCUT2D eigenvalue weighted by Crippen LogP contribution is -2.40. The van der Waals surface area contributed by atoms with Gasteiger partial charge in [-0.2, -0.15) is 0 Å².